The van der Waals surface area contributed by atoms with Crippen LogP contribution in [0.15, 0.2) is 24.3 Å². The molecule has 2 aliphatic rings. The van der Waals surface area contributed by atoms with Gasteiger partial charge in [-0.3, -0.25) is 0 Å². The van der Waals surface area contributed by atoms with E-state index < -0.39 is 6.10 Å². The third-order valence-corrected chi connectivity index (χ3v) is 4.62. The second kappa shape index (κ2) is 4.50. The van der Waals surface area contributed by atoms with Gasteiger partial charge in [0.15, 0.2) is 0 Å². The summed E-state index contributed by atoms with van der Waals surface area (Å²) >= 11 is 0. The van der Waals surface area contributed by atoms with Crippen molar-refractivity contribution in [3.63, 3.8) is 0 Å². The molecule has 1 N–H and O–H groups in total. The van der Waals surface area contributed by atoms with E-state index >= 15 is 0 Å². The van der Waals surface area contributed by atoms with Crippen molar-refractivity contribution in [3.05, 3.63) is 29.8 Å². The van der Waals surface area contributed by atoms with E-state index in [1.54, 1.807) is 0 Å². The number of rotatable bonds is 1. The largest absolute Gasteiger partial charge is 0.487 e. The fourth-order valence-electron chi connectivity index (χ4n) is 3.38. The Morgan fingerprint density at radius 3 is 2.95 bits per heavy atom. The Morgan fingerprint density at radius 1 is 1.37 bits per heavy atom. The van der Waals surface area contributed by atoms with Gasteiger partial charge in [-0.15, -0.1) is 0 Å². The number of aliphatic hydroxyl groups is 1. The van der Waals surface area contributed by atoms with Crippen molar-refractivity contribution >= 4 is 0 Å². The fourth-order valence-corrected chi connectivity index (χ4v) is 3.38. The van der Waals surface area contributed by atoms with Gasteiger partial charge in [0.05, 0.1) is 18.3 Å². The van der Waals surface area contributed by atoms with Gasteiger partial charge in [-0.25, -0.2) is 0 Å². The minimum atomic E-state index is -0.427. The lowest BCUT2D eigenvalue weighted by Gasteiger charge is -2.49. The highest BCUT2D eigenvalue weighted by atomic mass is 16.5. The van der Waals surface area contributed by atoms with E-state index in [9.17, 15) is 5.11 Å². The van der Waals surface area contributed by atoms with E-state index in [1.165, 1.54) is 0 Å². The van der Waals surface area contributed by atoms with E-state index in [-0.39, 0.29) is 11.2 Å². The number of ether oxygens (including phenoxy) is 2. The molecular weight excluding hydrogens is 240 g/mol. The third kappa shape index (κ3) is 2.26. The molecule has 0 amide bonds. The van der Waals surface area contributed by atoms with Crippen LogP contribution in [0.25, 0.3) is 0 Å². The molecule has 3 atom stereocenters. The maximum Gasteiger partial charge on any atom is 0.125 e. The van der Waals surface area contributed by atoms with E-state index in [0.29, 0.717) is 13.0 Å². The van der Waals surface area contributed by atoms with E-state index in [0.717, 1.165) is 30.6 Å². The topological polar surface area (TPSA) is 38.7 Å². The van der Waals surface area contributed by atoms with Gasteiger partial charge >= 0.3 is 0 Å². The first-order valence-corrected chi connectivity index (χ1v) is 7.16. The quantitative estimate of drug-likeness (QED) is 0.844. The van der Waals surface area contributed by atoms with Crippen molar-refractivity contribution in [2.24, 2.45) is 0 Å². The number of fused-ring (bicyclic) bond motifs is 1. The predicted octanol–water partition coefficient (Wildman–Crippen LogP) is 3.22. The van der Waals surface area contributed by atoms with E-state index in [4.69, 9.17) is 9.47 Å². The molecule has 0 saturated carbocycles. The molecule has 1 aromatic rings. The average Bonchev–Trinajstić information content (AvgIpc) is 2.38. The third-order valence-electron chi connectivity index (χ3n) is 4.62. The van der Waals surface area contributed by atoms with Gasteiger partial charge in [0.1, 0.15) is 11.4 Å². The number of benzene rings is 1. The lowest BCUT2D eigenvalue weighted by atomic mass is 9.76. The number of hydrogen-bond acceptors (Lipinski definition) is 3. The van der Waals surface area contributed by atoms with Gasteiger partial charge < -0.3 is 14.6 Å². The summed E-state index contributed by atoms with van der Waals surface area (Å²) in [6.45, 7) is 5.00. The normalized spacial score (nSPS) is 37.7. The van der Waals surface area contributed by atoms with Crippen LogP contribution in [-0.2, 0) is 4.74 Å². The summed E-state index contributed by atoms with van der Waals surface area (Å²) in [7, 11) is 0. The molecule has 1 saturated heterocycles. The van der Waals surface area contributed by atoms with Crippen molar-refractivity contribution in [2.75, 3.05) is 6.61 Å². The molecule has 2 aliphatic heterocycles. The molecule has 1 spiro atoms. The van der Waals surface area contributed by atoms with E-state index in [1.807, 2.05) is 24.3 Å². The molecular formula is C16H22O3. The molecule has 3 unspecified atom stereocenters. The van der Waals surface area contributed by atoms with Crippen LogP contribution in [0.2, 0.25) is 0 Å². The Labute approximate surface area is 114 Å². The summed E-state index contributed by atoms with van der Waals surface area (Å²) in [5.74, 6) is 0.835. The summed E-state index contributed by atoms with van der Waals surface area (Å²) in [6.07, 6.45) is 2.92. The molecule has 19 heavy (non-hydrogen) atoms. The highest BCUT2D eigenvalue weighted by Gasteiger charge is 2.48. The minimum Gasteiger partial charge on any atom is -0.487 e. The second-order valence-electron chi connectivity index (χ2n) is 6.12. The first kappa shape index (κ1) is 12.9. The molecule has 3 heteroatoms. The van der Waals surface area contributed by atoms with Crippen LogP contribution < -0.4 is 4.74 Å². The Balaban J connectivity index is 1.91. The number of para-hydroxylation sites is 1. The molecule has 0 aliphatic carbocycles. The van der Waals surface area contributed by atoms with E-state index in [2.05, 4.69) is 13.8 Å². The smallest absolute Gasteiger partial charge is 0.125 e. The average molecular weight is 262 g/mol. The molecule has 1 aromatic carbocycles. The van der Waals surface area contributed by atoms with Gasteiger partial charge in [-0.05, 0) is 19.4 Å². The summed E-state index contributed by atoms with van der Waals surface area (Å²) in [4.78, 5) is 0. The van der Waals surface area contributed by atoms with Crippen molar-refractivity contribution in [3.8, 4) is 5.75 Å². The lowest BCUT2D eigenvalue weighted by molar-refractivity contribution is -0.160. The number of hydrogen-bond donors (Lipinski definition) is 1. The fraction of sp³-hybridized carbons (Fsp3) is 0.625. The summed E-state index contributed by atoms with van der Waals surface area (Å²) < 4.78 is 12.2. The molecule has 1 fully saturated rings. The Bertz CT molecular complexity index is 473. The zero-order valence-electron chi connectivity index (χ0n) is 11.7. The molecule has 0 aromatic heterocycles. The standard InChI is InChI=1S/C16H22O3/c1-3-15(2)11-16(8-9-18-15)10-13(17)12-6-4-5-7-14(12)19-16/h4-7,13,17H,3,8-11H2,1-2H3. The predicted molar refractivity (Wildman–Crippen MR) is 73.3 cm³/mol. The molecule has 3 rings (SSSR count). The van der Waals surface area contributed by atoms with Gasteiger partial charge in [0.2, 0.25) is 0 Å². The first-order valence-electron chi connectivity index (χ1n) is 7.16. The lowest BCUT2D eigenvalue weighted by Crippen LogP contribution is -2.52. The Hall–Kier alpha value is -1.06. The van der Waals surface area contributed by atoms with Crippen LogP contribution >= 0.6 is 0 Å². The summed E-state index contributed by atoms with van der Waals surface area (Å²) in [6, 6.07) is 7.82. The maximum atomic E-state index is 10.4. The van der Waals surface area contributed by atoms with Crippen LogP contribution in [0.5, 0.6) is 5.75 Å². The van der Waals surface area contributed by atoms with Crippen molar-refractivity contribution in [1.29, 1.82) is 0 Å². The monoisotopic (exact) mass is 262 g/mol. The van der Waals surface area contributed by atoms with Crippen LogP contribution in [-0.4, -0.2) is 22.9 Å². The zero-order valence-corrected chi connectivity index (χ0v) is 11.7. The van der Waals surface area contributed by atoms with Crippen molar-refractivity contribution < 1.29 is 14.6 Å². The molecule has 0 bridgehead atoms. The maximum absolute atomic E-state index is 10.4. The first-order chi connectivity index (χ1) is 9.06. The second-order valence-corrected chi connectivity index (χ2v) is 6.12. The van der Waals surface area contributed by atoms with Crippen LogP contribution in [0.1, 0.15) is 51.2 Å². The minimum absolute atomic E-state index is 0.135. The number of aliphatic hydroxyl groups excluding tert-OH is 1. The van der Waals surface area contributed by atoms with Gasteiger partial charge in [0.25, 0.3) is 0 Å². The molecule has 0 radical (unpaired) electrons. The Kier molecular flexibility index (Phi) is 3.06. The molecule has 3 nitrogen and oxygen atoms in total. The van der Waals surface area contributed by atoms with Gasteiger partial charge in [-0.1, -0.05) is 25.1 Å². The Morgan fingerprint density at radius 2 is 2.16 bits per heavy atom. The zero-order chi connectivity index (χ0) is 13.5. The van der Waals surface area contributed by atoms with Crippen LogP contribution in [0, 0.1) is 0 Å². The van der Waals surface area contributed by atoms with Gasteiger partial charge in [0, 0.05) is 24.8 Å². The van der Waals surface area contributed by atoms with Crippen LogP contribution in [0.3, 0.4) is 0 Å². The molecule has 2 heterocycles. The summed E-state index contributed by atoms with van der Waals surface area (Å²) in [5.41, 5.74) is 0.513. The highest BCUT2D eigenvalue weighted by molar-refractivity contribution is 5.38. The van der Waals surface area contributed by atoms with Crippen molar-refractivity contribution in [2.45, 2.75) is 56.8 Å². The summed E-state index contributed by atoms with van der Waals surface area (Å²) in [5, 5.41) is 10.4. The molecule has 104 valence electrons. The SMILES string of the molecule is CCC1(C)CC2(CCO1)CC(O)c1ccccc1O2. The highest BCUT2D eigenvalue weighted by Crippen LogP contribution is 2.47. The van der Waals surface area contributed by atoms with Crippen LogP contribution in [0.4, 0.5) is 0 Å². The van der Waals surface area contributed by atoms with Crippen molar-refractivity contribution in [1.82, 2.24) is 0 Å². The van der Waals surface area contributed by atoms with Gasteiger partial charge in [-0.2, -0.15) is 0 Å².